The van der Waals surface area contributed by atoms with Crippen LogP contribution in [0.1, 0.15) is 36.4 Å². The number of rotatable bonds is 2. The first-order valence-electron chi connectivity index (χ1n) is 14.3. The molecule has 4 aromatic heterocycles. The molecule has 8 aromatic rings. The summed E-state index contributed by atoms with van der Waals surface area (Å²) < 4.78 is 11.0. The Labute approximate surface area is 263 Å². The smallest absolute Gasteiger partial charge is 0.503 e. The van der Waals surface area contributed by atoms with Gasteiger partial charge in [0, 0.05) is 51.1 Å². The van der Waals surface area contributed by atoms with Gasteiger partial charge in [-0.2, -0.15) is 6.07 Å². The van der Waals surface area contributed by atoms with Crippen LogP contribution in [-0.2, 0) is 26.5 Å². The van der Waals surface area contributed by atoms with Crippen LogP contribution in [0.2, 0.25) is 0 Å². The molecule has 0 amide bonds. The maximum atomic E-state index is 6.48. The van der Waals surface area contributed by atoms with Crippen LogP contribution in [0.3, 0.4) is 0 Å². The largest absolute Gasteiger partial charge is 2.00 e. The molecule has 43 heavy (non-hydrogen) atoms. The Hall–Kier alpha value is -4.47. The molecule has 0 N–H and O–H groups in total. The number of para-hydroxylation sites is 2. The van der Waals surface area contributed by atoms with Gasteiger partial charge in [-0.1, -0.05) is 78.7 Å². The SMILES string of the molecule is Cc1nc2c3[c-]c(Oc4[c-]c5c(cc4)c4cccc6c4n5-c4ncccc4C6(C)C)ccc3c3ccccc3n2c1C.[Pt+2]. The molecular formula is C37H26N4OPt. The van der Waals surface area contributed by atoms with E-state index in [0.717, 1.165) is 50.0 Å². The molecule has 0 unspecified atom stereocenters. The zero-order valence-electron chi connectivity index (χ0n) is 24.1. The molecule has 1 aliphatic rings. The summed E-state index contributed by atoms with van der Waals surface area (Å²) in [7, 11) is 0. The molecule has 5 heterocycles. The van der Waals surface area contributed by atoms with Gasteiger partial charge in [-0.15, -0.1) is 29.7 Å². The molecule has 0 radical (unpaired) electrons. The van der Waals surface area contributed by atoms with Crippen molar-refractivity contribution >= 4 is 49.1 Å². The van der Waals surface area contributed by atoms with Crippen LogP contribution >= 0.6 is 0 Å². The first kappa shape index (κ1) is 26.2. The minimum absolute atomic E-state index is 0. The van der Waals surface area contributed by atoms with Gasteiger partial charge in [0.1, 0.15) is 5.82 Å². The van der Waals surface area contributed by atoms with E-state index >= 15 is 0 Å². The zero-order chi connectivity index (χ0) is 28.3. The molecule has 0 saturated heterocycles. The van der Waals surface area contributed by atoms with Crippen molar-refractivity contribution in [3.63, 3.8) is 0 Å². The Kier molecular flexibility index (Phi) is 5.49. The zero-order valence-corrected chi connectivity index (χ0v) is 26.4. The number of aromatic nitrogens is 4. The van der Waals surface area contributed by atoms with Gasteiger partial charge in [0.25, 0.3) is 0 Å². The van der Waals surface area contributed by atoms with Crippen LogP contribution in [0.5, 0.6) is 11.5 Å². The first-order chi connectivity index (χ1) is 20.4. The van der Waals surface area contributed by atoms with Gasteiger partial charge in [-0.3, -0.25) is 4.98 Å². The third kappa shape index (κ3) is 3.43. The van der Waals surface area contributed by atoms with Crippen molar-refractivity contribution < 1.29 is 25.8 Å². The number of hydrogen-bond acceptors (Lipinski definition) is 3. The van der Waals surface area contributed by atoms with E-state index in [0.29, 0.717) is 11.5 Å². The molecule has 210 valence electrons. The standard InChI is InChI=1S/C37H26N4O.Pt/c1-21-22(2)40-32-13-6-5-9-26(32)25-16-14-23(19-29(25)35(40)39-21)42-24-15-17-27-28-10-7-11-30-34(28)41(33(27)20-24)36-31(37(30,3)4)12-8-18-38-36;/h5-18H,1-4H3;/q-2;+2. The van der Waals surface area contributed by atoms with Gasteiger partial charge in [-0.05, 0) is 42.3 Å². The number of fused-ring (bicyclic) bond motifs is 11. The number of nitrogens with zero attached hydrogens (tertiary/aromatic N) is 4. The first-order valence-corrected chi connectivity index (χ1v) is 14.3. The van der Waals surface area contributed by atoms with E-state index in [1.807, 2.05) is 24.4 Å². The fourth-order valence-corrected chi connectivity index (χ4v) is 6.98. The molecule has 4 aromatic carbocycles. The van der Waals surface area contributed by atoms with Crippen LogP contribution in [0.4, 0.5) is 0 Å². The predicted molar refractivity (Wildman–Crippen MR) is 168 cm³/mol. The Bertz CT molecular complexity index is 2450. The summed E-state index contributed by atoms with van der Waals surface area (Å²) in [5.41, 5.74) is 8.65. The second-order valence-corrected chi connectivity index (χ2v) is 11.8. The fraction of sp³-hybridized carbons (Fsp3) is 0.135. The number of hydrogen-bond donors (Lipinski definition) is 0. The van der Waals surface area contributed by atoms with Crippen molar-refractivity contribution in [1.29, 1.82) is 0 Å². The number of pyridine rings is 2. The van der Waals surface area contributed by atoms with Gasteiger partial charge < -0.3 is 13.7 Å². The monoisotopic (exact) mass is 737 g/mol. The summed E-state index contributed by atoms with van der Waals surface area (Å²) in [4.78, 5) is 9.79. The Morgan fingerprint density at radius 2 is 1.49 bits per heavy atom. The summed E-state index contributed by atoms with van der Waals surface area (Å²) in [5, 5.41) is 5.55. The van der Waals surface area contributed by atoms with Gasteiger partial charge in [0.05, 0.1) is 5.65 Å². The van der Waals surface area contributed by atoms with Gasteiger partial charge >= 0.3 is 21.1 Å². The molecule has 9 rings (SSSR count). The van der Waals surface area contributed by atoms with E-state index in [-0.39, 0.29) is 26.5 Å². The molecule has 0 atom stereocenters. The third-order valence-corrected chi connectivity index (χ3v) is 9.16. The Morgan fingerprint density at radius 1 is 0.744 bits per heavy atom. The van der Waals surface area contributed by atoms with Crippen LogP contribution in [-0.4, -0.2) is 18.9 Å². The van der Waals surface area contributed by atoms with E-state index in [4.69, 9.17) is 14.7 Å². The Balaban J connectivity index is 0.00000278. The molecule has 0 bridgehead atoms. The summed E-state index contributed by atoms with van der Waals surface area (Å²) >= 11 is 0. The van der Waals surface area contributed by atoms with Crippen molar-refractivity contribution in [2.75, 3.05) is 0 Å². The minimum Gasteiger partial charge on any atom is -0.503 e. The molecular weight excluding hydrogens is 712 g/mol. The van der Waals surface area contributed by atoms with E-state index in [2.05, 4.69) is 109 Å². The molecule has 0 fully saturated rings. The predicted octanol–water partition coefficient (Wildman–Crippen LogP) is 8.78. The number of aryl methyl sites for hydroxylation is 2. The molecule has 1 aliphatic heterocycles. The molecule has 0 aliphatic carbocycles. The average molecular weight is 738 g/mol. The molecule has 6 heteroatoms. The number of imidazole rings is 1. The van der Waals surface area contributed by atoms with Crippen LogP contribution in [0, 0.1) is 26.0 Å². The maximum absolute atomic E-state index is 6.48. The topological polar surface area (TPSA) is 44.3 Å². The molecule has 0 saturated carbocycles. The van der Waals surface area contributed by atoms with Crippen molar-refractivity contribution in [1.82, 2.24) is 18.9 Å². The van der Waals surface area contributed by atoms with Crippen molar-refractivity contribution in [2.24, 2.45) is 0 Å². The van der Waals surface area contributed by atoms with Crippen LogP contribution in [0.15, 0.2) is 85.1 Å². The second-order valence-electron chi connectivity index (χ2n) is 11.8. The summed E-state index contributed by atoms with van der Waals surface area (Å²) in [6.07, 6.45) is 1.87. The van der Waals surface area contributed by atoms with Gasteiger partial charge in [0.2, 0.25) is 0 Å². The van der Waals surface area contributed by atoms with Crippen molar-refractivity contribution in [3.05, 3.63) is 120 Å². The van der Waals surface area contributed by atoms with Crippen LogP contribution < -0.4 is 4.74 Å². The summed E-state index contributed by atoms with van der Waals surface area (Å²) in [6.45, 7) is 8.73. The van der Waals surface area contributed by atoms with E-state index in [1.54, 1.807) is 0 Å². The average Bonchev–Trinajstić information content (AvgIpc) is 3.50. The maximum Gasteiger partial charge on any atom is 2.00 e. The van der Waals surface area contributed by atoms with Gasteiger partial charge in [-0.25, -0.2) is 4.98 Å². The van der Waals surface area contributed by atoms with E-state index < -0.39 is 0 Å². The van der Waals surface area contributed by atoms with Crippen LogP contribution in [0.25, 0.3) is 54.9 Å². The van der Waals surface area contributed by atoms with Crippen molar-refractivity contribution in [3.8, 4) is 17.3 Å². The fourth-order valence-electron chi connectivity index (χ4n) is 6.98. The van der Waals surface area contributed by atoms with Crippen molar-refractivity contribution in [2.45, 2.75) is 33.1 Å². The number of ether oxygens (including phenoxy) is 1. The summed E-state index contributed by atoms with van der Waals surface area (Å²) in [5.74, 6) is 2.21. The second kappa shape index (κ2) is 9.02. The molecule has 5 nitrogen and oxygen atoms in total. The quantitative estimate of drug-likeness (QED) is 0.132. The summed E-state index contributed by atoms with van der Waals surface area (Å²) in [6, 6.07) is 34.7. The van der Waals surface area contributed by atoms with Gasteiger partial charge in [0.15, 0.2) is 0 Å². The minimum atomic E-state index is -0.161. The number of benzene rings is 4. The van der Waals surface area contributed by atoms with E-state index in [1.165, 1.54) is 27.4 Å². The van der Waals surface area contributed by atoms with E-state index in [9.17, 15) is 0 Å². The Morgan fingerprint density at radius 3 is 2.35 bits per heavy atom. The molecule has 0 spiro atoms. The normalized spacial score (nSPS) is 13.6. The third-order valence-electron chi connectivity index (χ3n) is 9.16.